The van der Waals surface area contributed by atoms with Crippen LogP contribution < -0.4 is 0 Å². The third kappa shape index (κ3) is 6.29. The summed E-state index contributed by atoms with van der Waals surface area (Å²) in [5.74, 6) is 0.416. The molecule has 1 aliphatic rings. The van der Waals surface area contributed by atoms with Gasteiger partial charge in [0.1, 0.15) is 5.60 Å². The second-order valence-corrected chi connectivity index (χ2v) is 5.80. The van der Waals surface area contributed by atoms with Crippen molar-refractivity contribution in [1.29, 1.82) is 0 Å². The topological polar surface area (TPSA) is 46.6 Å². The molecule has 1 fully saturated rings. The molecule has 1 saturated carbocycles. The monoisotopic (exact) mass is 241 g/mol. The van der Waals surface area contributed by atoms with Crippen LogP contribution in [0.5, 0.6) is 0 Å². The van der Waals surface area contributed by atoms with Crippen LogP contribution in [-0.2, 0) is 14.3 Å². The van der Waals surface area contributed by atoms with E-state index in [1.807, 2.05) is 20.8 Å². The Morgan fingerprint density at radius 1 is 1.24 bits per heavy atom. The standard InChI is InChI=1S/C13H23NO3/c1-13(2,3)17-12(16)8-7-11(15)14(4)9-10-5-6-10/h10H,5-9H2,1-4H3. The molecule has 0 saturated heterocycles. The lowest BCUT2D eigenvalue weighted by atomic mass is 10.2. The van der Waals surface area contributed by atoms with Crippen molar-refractivity contribution in [2.75, 3.05) is 13.6 Å². The highest BCUT2D eigenvalue weighted by Crippen LogP contribution is 2.29. The van der Waals surface area contributed by atoms with Gasteiger partial charge < -0.3 is 9.64 Å². The second-order valence-electron chi connectivity index (χ2n) is 5.80. The Bertz CT molecular complexity index is 290. The fourth-order valence-electron chi connectivity index (χ4n) is 1.58. The van der Waals surface area contributed by atoms with Crippen molar-refractivity contribution < 1.29 is 14.3 Å². The molecule has 1 aliphatic carbocycles. The van der Waals surface area contributed by atoms with Crippen LogP contribution in [-0.4, -0.2) is 36.0 Å². The largest absolute Gasteiger partial charge is 0.460 e. The summed E-state index contributed by atoms with van der Waals surface area (Å²) < 4.78 is 5.15. The van der Waals surface area contributed by atoms with Crippen molar-refractivity contribution in [2.45, 2.75) is 52.1 Å². The van der Waals surface area contributed by atoms with E-state index in [4.69, 9.17) is 4.74 Å². The minimum atomic E-state index is -0.472. The number of hydrogen-bond acceptors (Lipinski definition) is 3. The van der Waals surface area contributed by atoms with Gasteiger partial charge in [-0.3, -0.25) is 9.59 Å². The van der Waals surface area contributed by atoms with Gasteiger partial charge in [0.05, 0.1) is 6.42 Å². The number of carbonyl (C=O) groups excluding carboxylic acids is 2. The van der Waals surface area contributed by atoms with Crippen LogP contribution in [0.25, 0.3) is 0 Å². The van der Waals surface area contributed by atoms with E-state index in [1.165, 1.54) is 12.8 Å². The van der Waals surface area contributed by atoms with Crippen LogP contribution in [0.15, 0.2) is 0 Å². The summed E-state index contributed by atoms with van der Waals surface area (Å²) in [5.41, 5.74) is -0.472. The zero-order valence-electron chi connectivity index (χ0n) is 11.3. The maximum atomic E-state index is 11.7. The van der Waals surface area contributed by atoms with Crippen LogP contribution in [0.3, 0.4) is 0 Å². The summed E-state index contributed by atoms with van der Waals surface area (Å²) in [6, 6.07) is 0. The van der Waals surface area contributed by atoms with E-state index in [1.54, 1.807) is 11.9 Å². The van der Waals surface area contributed by atoms with Gasteiger partial charge in [-0.1, -0.05) is 0 Å². The fraction of sp³-hybridized carbons (Fsp3) is 0.846. The molecule has 0 heterocycles. The lowest BCUT2D eigenvalue weighted by Gasteiger charge is -2.20. The average Bonchev–Trinajstić information content (AvgIpc) is 2.95. The van der Waals surface area contributed by atoms with E-state index < -0.39 is 5.60 Å². The van der Waals surface area contributed by atoms with Crippen LogP contribution in [0, 0.1) is 5.92 Å². The predicted octanol–water partition coefficient (Wildman–Crippen LogP) is 1.98. The Kier molecular flexibility index (Phi) is 4.54. The first-order valence-corrected chi connectivity index (χ1v) is 6.24. The van der Waals surface area contributed by atoms with Gasteiger partial charge in [0.15, 0.2) is 0 Å². The highest BCUT2D eigenvalue weighted by molar-refractivity contribution is 5.81. The van der Waals surface area contributed by atoms with Crippen molar-refractivity contribution in [3.63, 3.8) is 0 Å². The molecular formula is C13H23NO3. The van der Waals surface area contributed by atoms with Crippen molar-refractivity contribution in [2.24, 2.45) is 5.92 Å². The molecule has 0 N–H and O–H groups in total. The van der Waals surface area contributed by atoms with E-state index in [9.17, 15) is 9.59 Å². The Balaban J connectivity index is 2.19. The number of carbonyl (C=O) groups is 2. The molecule has 0 aromatic carbocycles. The summed E-state index contributed by atoms with van der Waals surface area (Å²) in [6.45, 7) is 6.30. The molecule has 0 radical (unpaired) electrons. The molecular weight excluding hydrogens is 218 g/mol. The Hall–Kier alpha value is -1.06. The highest BCUT2D eigenvalue weighted by atomic mass is 16.6. The van der Waals surface area contributed by atoms with Gasteiger partial charge in [-0.25, -0.2) is 0 Å². The van der Waals surface area contributed by atoms with Crippen molar-refractivity contribution in [3.8, 4) is 0 Å². The van der Waals surface area contributed by atoms with Crippen molar-refractivity contribution in [3.05, 3.63) is 0 Å². The highest BCUT2D eigenvalue weighted by Gasteiger charge is 2.25. The maximum absolute atomic E-state index is 11.7. The first-order chi connectivity index (χ1) is 7.78. The normalized spacial score (nSPS) is 15.5. The summed E-state index contributed by atoms with van der Waals surface area (Å²) >= 11 is 0. The van der Waals surface area contributed by atoms with E-state index >= 15 is 0 Å². The third-order valence-corrected chi connectivity index (χ3v) is 2.62. The molecule has 0 bridgehead atoms. The van der Waals surface area contributed by atoms with E-state index in [0.29, 0.717) is 5.92 Å². The molecule has 4 nitrogen and oxygen atoms in total. The van der Waals surface area contributed by atoms with Gasteiger partial charge in [-0.05, 0) is 39.5 Å². The fourth-order valence-corrected chi connectivity index (χ4v) is 1.58. The van der Waals surface area contributed by atoms with Crippen LogP contribution in [0.4, 0.5) is 0 Å². The van der Waals surface area contributed by atoms with Crippen molar-refractivity contribution in [1.82, 2.24) is 4.90 Å². The molecule has 0 atom stereocenters. The molecule has 0 aromatic rings. The SMILES string of the molecule is CN(CC1CC1)C(=O)CCC(=O)OC(C)(C)C. The van der Waals surface area contributed by atoms with Gasteiger partial charge in [-0.15, -0.1) is 0 Å². The third-order valence-electron chi connectivity index (χ3n) is 2.62. The number of esters is 1. The zero-order valence-corrected chi connectivity index (χ0v) is 11.3. The summed E-state index contributed by atoms with van der Waals surface area (Å²) in [7, 11) is 1.80. The van der Waals surface area contributed by atoms with E-state index in [2.05, 4.69) is 0 Å². The number of hydrogen-bond donors (Lipinski definition) is 0. The van der Waals surface area contributed by atoms with Gasteiger partial charge in [0.25, 0.3) is 0 Å². The molecule has 98 valence electrons. The number of nitrogens with zero attached hydrogens (tertiary/aromatic N) is 1. The van der Waals surface area contributed by atoms with E-state index in [0.717, 1.165) is 6.54 Å². The minimum Gasteiger partial charge on any atom is -0.460 e. The first kappa shape index (κ1) is 14.0. The molecule has 0 aromatic heterocycles. The van der Waals surface area contributed by atoms with Crippen molar-refractivity contribution >= 4 is 11.9 Å². The van der Waals surface area contributed by atoms with Crippen LogP contribution in [0.1, 0.15) is 46.5 Å². The lowest BCUT2D eigenvalue weighted by Crippen LogP contribution is -2.30. The van der Waals surface area contributed by atoms with Crippen LogP contribution >= 0.6 is 0 Å². The van der Waals surface area contributed by atoms with E-state index in [-0.39, 0.29) is 24.7 Å². The predicted molar refractivity (Wildman–Crippen MR) is 65.4 cm³/mol. The quantitative estimate of drug-likeness (QED) is 0.691. The average molecular weight is 241 g/mol. The number of ether oxygens (including phenoxy) is 1. The van der Waals surface area contributed by atoms with Gasteiger partial charge in [-0.2, -0.15) is 0 Å². The smallest absolute Gasteiger partial charge is 0.306 e. The van der Waals surface area contributed by atoms with Gasteiger partial charge >= 0.3 is 5.97 Å². The zero-order chi connectivity index (χ0) is 13.1. The molecule has 17 heavy (non-hydrogen) atoms. The Morgan fingerprint density at radius 2 is 1.82 bits per heavy atom. The molecule has 0 aliphatic heterocycles. The second kappa shape index (κ2) is 5.52. The molecule has 0 unspecified atom stereocenters. The molecule has 4 heteroatoms. The molecule has 1 rings (SSSR count). The van der Waals surface area contributed by atoms with Gasteiger partial charge in [0, 0.05) is 20.0 Å². The lowest BCUT2D eigenvalue weighted by molar-refractivity contribution is -0.156. The van der Waals surface area contributed by atoms with Gasteiger partial charge in [0.2, 0.25) is 5.91 Å². The Labute approximate surface area is 103 Å². The summed E-state index contributed by atoms with van der Waals surface area (Å²) in [4.78, 5) is 24.8. The number of amides is 1. The summed E-state index contributed by atoms with van der Waals surface area (Å²) in [6.07, 6.45) is 2.87. The Morgan fingerprint density at radius 3 is 2.29 bits per heavy atom. The summed E-state index contributed by atoms with van der Waals surface area (Å²) in [5, 5.41) is 0. The molecule has 0 spiro atoms. The van der Waals surface area contributed by atoms with Crippen LogP contribution in [0.2, 0.25) is 0 Å². The first-order valence-electron chi connectivity index (χ1n) is 6.24. The minimum absolute atomic E-state index is 0.0303. The number of rotatable bonds is 5. The maximum Gasteiger partial charge on any atom is 0.306 e. The molecule has 1 amide bonds.